The summed E-state index contributed by atoms with van der Waals surface area (Å²) in [7, 11) is 1.24. The van der Waals surface area contributed by atoms with Crippen molar-refractivity contribution in [3.05, 3.63) is 58.2 Å². The van der Waals surface area contributed by atoms with E-state index in [1.807, 2.05) is 6.92 Å². The van der Waals surface area contributed by atoms with Gasteiger partial charge in [-0.2, -0.15) is 0 Å². The Hall–Kier alpha value is -3.00. The minimum atomic E-state index is -0.996. The van der Waals surface area contributed by atoms with Gasteiger partial charge in [-0.05, 0) is 43.4 Å². The molecule has 1 N–H and O–H groups in total. The fourth-order valence-electron chi connectivity index (χ4n) is 4.49. The molecule has 1 heterocycles. The highest BCUT2D eigenvalue weighted by molar-refractivity contribution is 6.12. The first kappa shape index (κ1) is 24.6. The van der Waals surface area contributed by atoms with Crippen molar-refractivity contribution in [2.75, 3.05) is 26.9 Å². The van der Waals surface area contributed by atoms with Crippen LogP contribution >= 0.6 is 0 Å². The van der Waals surface area contributed by atoms with Crippen LogP contribution in [-0.4, -0.2) is 44.7 Å². The fourth-order valence-corrected chi connectivity index (χ4v) is 4.49. The molecule has 3 rings (SSSR count). The molecule has 8 heteroatoms. The van der Waals surface area contributed by atoms with Gasteiger partial charge < -0.3 is 19.5 Å². The minimum absolute atomic E-state index is 0.0488. The fraction of sp³-hybridized carbons (Fsp3) is 0.480. The molecule has 0 aromatic heterocycles. The highest BCUT2D eigenvalue weighted by Gasteiger charge is 2.47. The Morgan fingerprint density at radius 1 is 1.21 bits per heavy atom. The Morgan fingerprint density at radius 3 is 2.64 bits per heavy atom. The highest BCUT2D eigenvalue weighted by Crippen LogP contribution is 2.45. The Labute approximate surface area is 193 Å². The van der Waals surface area contributed by atoms with Crippen LogP contribution in [0.15, 0.2) is 46.8 Å². The maximum absolute atomic E-state index is 14.2. The number of hydrogen-bond donors (Lipinski definition) is 1. The molecule has 3 atom stereocenters. The lowest BCUT2D eigenvalue weighted by Crippen LogP contribution is -2.43. The molecule has 0 saturated carbocycles. The van der Waals surface area contributed by atoms with Gasteiger partial charge in [-0.15, -0.1) is 0 Å². The predicted molar refractivity (Wildman–Crippen MR) is 118 cm³/mol. The first-order valence-electron chi connectivity index (χ1n) is 11.1. The van der Waals surface area contributed by atoms with Crippen LogP contribution in [0.1, 0.15) is 45.1 Å². The van der Waals surface area contributed by atoms with Crippen molar-refractivity contribution in [1.29, 1.82) is 0 Å². The predicted octanol–water partition coefficient (Wildman–Crippen LogP) is 3.41. The van der Waals surface area contributed by atoms with Gasteiger partial charge in [0.25, 0.3) is 0 Å². The van der Waals surface area contributed by atoms with Crippen molar-refractivity contribution in [2.45, 2.75) is 39.5 Å². The number of esters is 2. The number of benzene rings is 1. The van der Waals surface area contributed by atoms with Crippen molar-refractivity contribution in [3.8, 4) is 0 Å². The van der Waals surface area contributed by atoms with E-state index in [-0.39, 0.29) is 30.3 Å². The van der Waals surface area contributed by atoms with Crippen molar-refractivity contribution >= 4 is 17.7 Å². The maximum atomic E-state index is 14.2. The van der Waals surface area contributed by atoms with Crippen molar-refractivity contribution in [3.63, 3.8) is 0 Å². The van der Waals surface area contributed by atoms with Crippen molar-refractivity contribution in [1.82, 2.24) is 5.32 Å². The summed E-state index contributed by atoms with van der Waals surface area (Å²) in [6.07, 6.45) is 1.26. The molecule has 2 aliphatic rings. The Morgan fingerprint density at radius 2 is 1.97 bits per heavy atom. The highest BCUT2D eigenvalue weighted by atomic mass is 19.1. The summed E-state index contributed by atoms with van der Waals surface area (Å²) in [5.74, 6) is -4.32. The largest absolute Gasteiger partial charge is 0.468 e. The molecule has 0 saturated heterocycles. The van der Waals surface area contributed by atoms with Gasteiger partial charge >= 0.3 is 11.9 Å². The molecule has 1 aliphatic heterocycles. The van der Waals surface area contributed by atoms with E-state index in [2.05, 4.69) is 5.32 Å². The molecule has 0 amide bonds. The van der Waals surface area contributed by atoms with E-state index in [1.54, 1.807) is 19.9 Å². The van der Waals surface area contributed by atoms with Gasteiger partial charge in [-0.25, -0.2) is 9.18 Å². The molecule has 7 nitrogen and oxygen atoms in total. The summed E-state index contributed by atoms with van der Waals surface area (Å²) in [6, 6.07) is 5.77. The second kappa shape index (κ2) is 10.7. The summed E-state index contributed by atoms with van der Waals surface area (Å²) in [6.45, 7) is 6.37. The summed E-state index contributed by atoms with van der Waals surface area (Å²) in [5.41, 5.74) is 2.07. The first-order chi connectivity index (χ1) is 15.8. The number of carbonyl (C=O) groups excluding carboxylic acids is 3. The standard InChI is InChI=1S/C25H30FNO6/c1-5-9-32-10-11-33-25(30)20-15(3)27-18-12-14(2)19(24(29)31-4)23(28)22(18)21(20)16-7-6-8-17(26)13-16/h6-8,13-14,19,21,27H,5,9-12H2,1-4H3/t14-,19-,21+/m1/s1. The molecular formula is C25H30FNO6. The molecule has 0 bridgehead atoms. The van der Waals surface area contributed by atoms with E-state index in [4.69, 9.17) is 14.2 Å². The molecule has 1 aliphatic carbocycles. The molecule has 1 aromatic rings. The molecular weight excluding hydrogens is 429 g/mol. The van der Waals surface area contributed by atoms with Crippen LogP contribution in [0.4, 0.5) is 4.39 Å². The number of nitrogens with one attached hydrogen (secondary N) is 1. The van der Waals surface area contributed by atoms with Crippen molar-refractivity contribution < 1.29 is 33.0 Å². The average Bonchev–Trinajstić information content (AvgIpc) is 2.77. The van der Waals surface area contributed by atoms with E-state index < -0.39 is 35.4 Å². The second-order valence-electron chi connectivity index (χ2n) is 8.34. The van der Waals surface area contributed by atoms with Crippen LogP contribution in [0.5, 0.6) is 0 Å². The lowest BCUT2D eigenvalue weighted by Gasteiger charge is -2.38. The summed E-state index contributed by atoms with van der Waals surface area (Å²) >= 11 is 0. The van der Waals surface area contributed by atoms with Gasteiger partial charge in [-0.1, -0.05) is 26.0 Å². The van der Waals surface area contributed by atoms with Crippen LogP contribution in [-0.2, 0) is 28.6 Å². The number of methoxy groups -OCH3 is 1. The van der Waals surface area contributed by atoms with E-state index in [0.29, 0.717) is 30.0 Å². The van der Waals surface area contributed by atoms with E-state index >= 15 is 0 Å². The van der Waals surface area contributed by atoms with Gasteiger partial charge in [0.1, 0.15) is 18.3 Å². The van der Waals surface area contributed by atoms with Gasteiger partial charge in [0.15, 0.2) is 5.78 Å². The van der Waals surface area contributed by atoms with Gasteiger partial charge in [0.05, 0.1) is 19.3 Å². The smallest absolute Gasteiger partial charge is 0.336 e. The summed E-state index contributed by atoms with van der Waals surface area (Å²) < 4.78 is 29.8. The number of rotatable bonds is 8. The third kappa shape index (κ3) is 5.16. The van der Waals surface area contributed by atoms with Crippen molar-refractivity contribution in [2.24, 2.45) is 11.8 Å². The average molecular weight is 460 g/mol. The van der Waals surface area contributed by atoms with E-state index in [9.17, 15) is 18.8 Å². The third-order valence-electron chi connectivity index (χ3n) is 5.95. The van der Waals surface area contributed by atoms with E-state index in [1.165, 1.54) is 25.3 Å². The number of carbonyl (C=O) groups is 3. The zero-order chi connectivity index (χ0) is 24.1. The third-order valence-corrected chi connectivity index (χ3v) is 5.95. The van der Waals surface area contributed by atoms with Crippen LogP contribution < -0.4 is 5.32 Å². The number of Topliss-reactive ketones (excluding diaryl/α,β-unsaturated/α-hetero) is 1. The quantitative estimate of drug-likeness (QED) is 0.362. The van der Waals surface area contributed by atoms with Gasteiger partial charge in [0.2, 0.25) is 0 Å². The molecule has 0 spiro atoms. The topological polar surface area (TPSA) is 90.9 Å². The molecule has 33 heavy (non-hydrogen) atoms. The number of halogens is 1. The zero-order valence-electron chi connectivity index (χ0n) is 19.4. The Bertz CT molecular complexity index is 998. The monoisotopic (exact) mass is 459 g/mol. The SMILES string of the molecule is CCCOCCOC(=O)C1=C(C)NC2=C(C(=O)[C@H](C(=O)OC)[C@H](C)C2)[C@H]1c1cccc(F)c1. The van der Waals surface area contributed by atoms with Crippen LogP contribution in [0.3, 0.4) is 0 Å². The Balaban J connectivity index is 2.02. The molecule has 0 unspecified atom stereocenters. The van der Waals surface area contributed by atoms with Crippen LogP contribution in [0.25, 0.3) is 0 Å². The number of ether oxygens (including phenoxy) is 3. The lowest BCUT2D eigenvalue weighted by atomic mass is 9.69. The number of allylic oxidation sites excluding steroid dienone is 3. The first-order valence-corrected chi connectivity index (χ1v) is 11.1. The number of dihydropyridines is 1. The summed E-state index contributed by atoms with van der Waals surface area (Å²) in [5, 5.41) is 3.17. The number of hydrogen-bond acceptors (Lipinski definition) is 7. The lowest BCUT2D eigenvalue weighted by molar-refractivity contribution is -0.151. The van der Waals surface area contributed by atoms with E-state index in [0.717, 1.165) is 6.42 Å². The molecule has 0 fully saturated rings. The van der Waals surface area contributed by atoms with Crippen LogP contribution in [0, 0.1) is 17.7 Å². The van der Waals surface area contributed by atoms with Gasteiger partial charge in [-0.3, -0.25) is 9.59 Å². The maximum Gasteiger partial charge on any atom is 0.336 e. The molecule has 1 aromatic carbocycles. The second-order valence-corrected chi connectivity index (χ2v) is 8.34. The van der Waals surface area contributed by atoms with Crippen LogP contribution in [0.2, 0.25) is 0 Å². The zero-order valence-corrected chi connectivity index (χ0v) is 19.4. The number of ketones is 1. The Kier molecular flexibility index (Phi) is 8.02. The summed E-state index contributed by atoms with van der Waals surface area (Å²) in [4.78, 5) is 39.1. The minimum Gasteiger partial charge on any atom is -0.468 e. The molecule has 178 valence electrons. The van der Waals surface area contributed by atoms with Gasteiger partial charge in [0, 0.05) is 29.5 Å². The normalized spacial score (nSPS) is 22.6. The molecule has 0 radical (unpaired) electrons.